The lowest BCUT2D eigenvalue weighted by molar-refractivity contribution is -0.384. The van der Waals surface area contributed by atoms with E-state index in [-0.39, 0.29) is 17.5 Å². The maximum Gasteiger partial charge on any atom is 0.329 e. The van der Waals surface area contributed by atoms with Gasteiger partial charge >= 0.3 is 5.69 Å². The largest absolute Gasteiger partial charge is 0.368 e. The lowest BCUT2D eigenvalue weighted by Crippen LogP contribution is -2.12. The highest BCUT2D eigenvalue weighted by Crippen LogP contribution is 2.20. The van der Waals surface area contributed by atoms with Gasteiger partial charge in [-0.15, -0.1) is 0 Å². The Morgan fingerprint density at radius 3 is 2.95 bits per heavy atom. The van der Waals surface area contributed by atoms with Gasteiger partial charge in [0.1, 0.15) is 12.0 Å². The summed E-state index contributed by atoms with van der Waals surface area (Å²) in [6.07, 6.45) is 5.23. The molecule has 2 aromatic heterocycles. The number of hydrogen-bond donors (Lipinski definition) is 2. The van der Waals surface area contributed by atoms with Gasteiger partial charge in [-0.1, -0.05) is 0 Å². The summed E-state index contributed by atoms with van der Waals surface area (Å²) in [7, 11) is 1.88. The molecule has 0 aliphatic heterocycles. The fourth-order valence-corrected chi connectivity index (χ4v) is 1.58. The molecule has 0 spiro atoms. The Balaban J connectivity index is 2.05. The first-order chi connectivity index (χ1) is 9.08. The summed E-state index contributed by atoms with van der Waals surface area (Å²) < 4.78 is 1.88. The molecule has 0 unspecified atom stereocenters. The third kappa shape index (κ3) is 2.94. The SMILES string of the molecule is Cn1ccnc1CCNc1nc(N)ncc1[N+](=O)[O-]. The molecule has 0 amide bonds. The van der Waals surface area contributed by atoms with Crippen molar-refractivity contribution in [2.75, 3.05) is 17.6 Å². The molecular weight excluding hydrogens is 250 g/mol. The molecule has 0 aliphatic rings. The highest BCUT2D eigenvalue weighted by molar-refractivity contribution is 5.56. The van der Waals surface area contributed by atoms with Crippen LogP contribution in [0.4, 0.5) is 17.5 Å². The normalized spacial score (nSPS) is 10.4. The second-order valence-electron chi connectivity index (χ2n) is 3.85. The predicted molar refractivity (Wildman–Crippen MR) is 68.5 cm³/mol. The van der Waals surface area contributed by atoms with Crippen molar-refractivity contribution in [1.82, 2.24) is 19.5 Å². The van der Waals surface area contributed by atoms with E-state index >= 15 is 0 Å². The van der Waals surface area contributed by atoms with Crippen LogP contribution in [0.15, 0.2) is 18.6 Å². The smallest absolute Gasteiger partial charge is 0.329 e. The third-order valence-electron chi connectivity index (χ3n) is 2.55. The average molecular weight is 263 g/mol. The van der Waals surface area contributed by atoms with Crippen molar-refractivity contribution in [3.8, 4) is 0 Å². The van der Waals surface area contributed by atoms with E-state index in [0.717, 1.165) is 12.0 Å². The van der Waals surface area contributed by atoms with Crippen LogP contribution < -0.4 is 11.1 Å². The summed E-state index contributed by atoms with van der Waals surface area (Å²) in [4.78, 5) is 21.8. The Bertz CT molecular complexity index is 595. The molecule has 0 radical (unpaired) electrons. The molecule has 19 heavy (non-hydrogen) atoms. The molecule has 2 aromatic rings. The molecule has 0 saturated heterocycles. The van der Waals surface area contributed by atoms with Gasteiger partial charge in [-0.3, -0.25) is 10.1 Å². The van der Waals surface area contributed by atoms with Crippen LogP contribution in [0.5, 0.6) is 0 Å². The maximum absolute atomic E-state index is 10.8. The standard InChI is InChI=1S/C10H13N7O2/c1-16-5-4-12-8(16)2-3-13-9-7(17(18)19)6-14-10(11)15-9/h4-6H,2-3H2,1H3,(H3,11,13,14,15). The van der Waals surface area contributed by atoms with Crippen molar-refractivity contribution in [2.24, 2.45) is 7.05 Å². The van der Waals surface area contributed by atoms with Crippen LogP contribution in [-0.2, 0) is 13.5 Å². The van der Waals surface area contributed by atoms with Crippen molar-refractivity contribution >= 4 is 17.5 Å². The van der Waals surface area contributed by atoms with Crippen LogP contribution in [-0.4, -0.2) is 31.0 Å². The lowest BCUT2D eigenvalue weighted by atomic mass is 10.4. The second kappa shape index (κ2) is 5.29. The van der Waals surface area contributed by atoms with E-state index in [1.165, 1.54) is 0 Å². The van der Waals surface area contributed by atoms with Gasteiger partial charge in [-0.05, 0) is 0 Å². The molecule has 0 aromatic carbocycles. The number of imidazole rings is 1. The number of nitrogens with two attached hydrogens (primary N) is 1. The molecule has 0 fully saturated rings. The highest BCUT2D eigenvalue weighted by Gasteiger charge is 2.16. The van der Waals surface area contributed by atoms with Gasteiger partial charge in [-0.2, -0.15) is 4.98 Å². The monoisotopic (exact) mass is 263 g/mol. The average Bonchev–Trinajstić information content (AvgIpc) is 2.75. The number of nitrogens with zero attached hydrogens (tertiary/aromatic N) is 5. The zero-order valence-electron chi connectivity index (χ0n) is 10.3. The maximum atomic E-state index is 10.8. The Morgan fingerprint density at radius 2 is 2.32 bits per heavy atom. The number of nitro groups is 1. The van der Waals surface area contributed by atoms with Crippen molar-refractivity contribution in [3.63, 3.8) is 0 Å². The summed E-state index contributed by atoms with van der Waals surface area (Å²) in [5.74, 6) is 0.981. The molecule has 0 saturated carbocycles. The summed E-state index contributed by atoms with van der Waals surface area (Å²) in [6, 6.07) is 0. The van der Waals surface area contributed by atoms with E-state index in [2.05, 4.69) is 20.3 Å². The number of nitrogen functional groups attached to an aromatic ring is 1. The first kappa shape index (κ1) is 12.7. The Kier molecular flexibility index (Phi) is 3.55. The number of nitrogens with one attached hydrogen (secondary N) is 1. The molecule has 0 bridgehead atoms. The van der Waals surface area contributed by atoms with Gasteiger partial charge in [0.2, 0.25) is 11.8 Å². The van der Waals surface area contributed by atoms with E-state index < -0.39 is 4.92 Å². The van der Waals surface area contributed by atoms with Crippen LogP contribution >= 0.6 is 0 Å². The second-order valence-corrected chi connectivity index (χ2v) is 3.85. The minimum atomic E-state index is -0.553. The zero-order chi connectivity index (χ0) is 13.8. The molecular formula is C10H13N7O2. The number of aromatic nitrogens is 4. The summed E-state index contributed by atoms with van der Waals surface area (Å²) >= 11 is 0. The first-order valence-corrected chi connectivity index (χ1v) is 5.55. The molecule has 9 heteroatoms. The van der Waals surface area contributed by atoms with Crippen molar-refractivity contribution in [3.05, 3.63) is 34.5 Å². The van der Waals surface area contributed by atoms with Gasteiger partial charge in [0.05, 0.1) is 4.92 Å². The fraction of sp³-hybridized carbons (Fsp3) is 0.300. The molecule has 2 heterocycles. The van der Waals surface area contributed by atoms with Gasteiger partial charge in [0.15, 0.2) is 0 Å². The predicted octanol–water partition coefficient (Wildman–Crippen LogP) is 0.355. The van der Waals surface area contributed by atoms with Crippen molar-refractivity contribution in [2.45, 2.75) is 6.42 Å². The summed E-state index contributed by atoms with van der Waals surface area (Å²) in [5.41, 5.74) is 5.22. The Hall–Kier alpha value is -2.71. The Labute approximate surface area is 108 Å². The number of anilines is 2. The van der Waals surface area contributed by atoms with Gasteiger partial charge in [0.25, 0.3) is 0 Å². The third-order valence-corrected chi connectivity index (χ3v) is 2.55. The van der Waals surface area contributed by atoms with Crippen molar-refractivity contribution in [1.29, 1.82) is 0 Å². The summed E-state index contributed by atoms with van der Waals surface area (Å²) in [5, 5.41) is 13.7. The van der Waals surface area contributed by atoms with Crippen LogP contribution in [0.3, 0.4) is 0 Å². The van der Waals surface area contributed by atoms with Gasteiger partial charge < -0.3 is 15.6 Å². The van der Waals surface area contributed by atoms with E-state index in [4.69, 9.17) is 5.73 Å². The van der Waals surface area contributed by atoms with Gasteiger partial charge in [0, 0.05) is 32.4 Å². The van der Waals surface area contributed by atoms with E-state index in [1.807, 2.05) is 17.8 Å². The van der Waals surface area contributed by atoms with Crippen LogP contribution in [0.2, 0.25) is 0 Å². The van der Waals surface area contributed by atoms with Crippen LogP contribution in [0.1, 0.15) is 5.82 Å². The molecule has 0 atom stereocenters. The highest BCUT2D eigenvalue weighted by atomic mass is 16.6. The van der Waals surface area contributed by atoms with E-state index in [9.17, 15) is 10.1 Å². The molecule has 2 rings (SSSR count). The molecule has 0 aliphatic carbocycles. The number of rotatable bonds is 5. The van der Waals surface area contributed by atoms with Crippen LogP contribution in [0.25, 0.3) is 0 Å². The fourth-order valence-electron chi connectivity index (χ4n) is 1.58. The molecule has 9 nitrogen and oxygen atoms in total. The minimum absolute atomic E-state index is 0.00917. The molecule has 100 valence electrons. The topological polar surface area (TPSA) is 125 Å². The molecule has 3 N–H and O–H groups in total. The lowest BCUT2D eigenvalue weighted by Gasteiger charge is -2.06. The summed E-state index contributed by atoms with van der Waals surface area (Å²) in [6.45, 7) is 0.460. The van der Waals surface area contributed by atoms with Crippen LogP contribution in [0, 0.1) is 10.1 Å². The van der Waals surface area contributed by atoms with E-state index in [1.54, 1.807) is 6.20 Å². The Morgan fingerprint density at radius 1 is 1.53 bits per heavy atom. The number of hydrogen-bond acceptors (Lipinski definition) is 7. The van der Waals surface area contributed by atoms with E-state index in [0.29, 0.717) is 13.0 Å². The minimum Gasteiger partial charge on any atom is -0.368 e. The zero-order valence-corrected chi connectivity index (χ0v) is 10.3. The first-order valence-electron chi connectivity index (χ1n) is 5.55. The van der Waals surface area contributed by atoms with Crippen molar-refractivity contribution < 1.29 is 4.92 Å². The van der Waals surface area contributed by atoms with Gasteiger partial charge in [-0.25, -0.2) is 9.97 Å². The number of aryl methyl sites for hydroxylation is 1. The quantitative estimate of drug-likeness (QED) is 0.589.